The summed E-state index contributed by atoms with van der Waals surface area (Å²) in [6.45, 7) is 4.94. The van der Waals surface area contributed by atoms with E-state index in [0.29, 0.717) is 11.3 Å². The number of para-hydroxylation sites is 1. The number of ether oxygens (including phenoxy) is 1. The van der Waals surface area contributed by atoms with Crippen molar-refractivity contribution in [2.75, 3.05) is 5.32 Å². The Morgan fingerprint density at radius 2 is 1.90 bits per heavy atom. The molecular formula is C12H18N2O5S. The molecule has 0 saturated heterocycles. The van der Waals surface area contributed by atoms with E-state index in [0.717, 1.165) is 0 Å². The molecule has 0 aliphatic carbocycles. The maximum Gasteiger partial charge on any atom is 0.412 e. The van der Waals surface area contributed by atoms with Gasteiger partial charge in [0.1, 0.15) is 5.60 Å². The minimum atomic E-state index is -4.04. The molecule has 0 heterocycles. The first-order valence-electron chi connectivity index (χ1n) is 5.82. The number of carbonyl (C=O) groups is 1. The maximum atomic E-state index is 11.7. The molecule has 1 rings (SSSR count). The third-order valence-electron chi connectivity index (χ3n) is 2.03. The molecule has 0 unspecified atom stereocenters. The Morgan fingerprint density at radius 1 is 1.30 bits per heavy atom. The van der Waals surface area contributed by atoms with Gasteiger partial charge in [-0.2, -0.15) is 8.42 Å². The molecule has 20 heavy (non-hydrogen) atoms. The van der Waals surface area contributed by atoms with Crippen LogP contribution in [-0.2, 0) is 25.8 Å². The van der Waals surface area contributed by atoms with Crippen LogP contribution in [0.25, 0.3) is 0 Å². The van der Waals surface area contributed by atoms with Gasteiger partial charge in [0.15, 0.2) is 0 Å². The van der Waals surface area contributed by atoms with Crippen molar-refractivity contribution in [3.8, 4) is 0 Å². The van der Waals surface area contributed by atoms with E-state index in [9.17, 15) is 13.2 Å². The van der Waals surface area contributed by atoms with Gasteiger partial charge in [0, 0.05) is 11.3 Å². The lowest BCUT2D eigenvalue weighted by atomic mass is 10.2. The van der Waals surface area contributed by atoms with Crippen molar-refractivity contribution in [2.45, 2.75) is 33.0 Å². The van der Waals surface area contributed by atoms with Crippen LogP contribution in [-0.4, -0.2) is 20.1 Å². The minimum Gasteiger partial charge on any atom is -0.444 e. The zero-order valence-corrected chi connectivity index (χ0v) is 12.4. The van der Waals surface area contributed by atoms with E-state index in [1.54, 1.807) is 45.0 Å². The normalized spacial score (nSPS) is 12.0. The fourth-order valence-electron chi connectivity index (χ4n) is 1.33. The van der Waals surface area contributed by atoms with Gasteiger partial charge >= 0.3 is 16.4 Å². The van der Waals surface area contributed by atoms with Crippen molar-refractivity contribution in [1.29, 1.82) is 0 Å². The second-order valence-electron chi connectivity index (χ2n) is 5.04. The molecule has 0 atom stereocenters. The van der Waals surface area contributed by atoms with Gasteiger partial charge in [0.25, 0.3) is 0 Å². The summed E-state index contributed by atoms with van der Waals surface area (Å²) in [4.78, 5) is 11.7. The molecule has 1 aromatic carbocycles. The third-order valence-corrected chi connectivity index (χ3v) is 2.48. The summed E-state index contributed by atoms with van der Waals surface area (Å²) in [5.74, 6) is 0. The Kier molecular flexibility index (Phi) is 5.09. The first-order valence-corrected chi connectivity index (χ1v) is 7.29. The average Bonchev–Trinajstić information content (AvgIpc) is 2.24. The number of anilines is 1. The van der Waals surface area contributed by atoms with Crippen molar-refractivity contribution >= 4 is 22.1 Å². The molecule has 0 bridgehead atoms. The molecule has 0 spiro atoms. The summed E-state index contributed by atoms with van der Waals surface area (Å²) in [5.41, 5.74) is 0.230. The number of hydrogen-bond donors (Lipinski definition) is 2. The van der Waals surface area contributed by atoms with Gasteiger partial charge in [-0.15, -0.1) is 0 Å². The molecule has 0 aromatic heterocycles. The molecule has 1 amide bonds. The molecule has 1 aromatic rings. The fraction of sp³-hybridized carbons (Fsp3) is 0.417. The summed E-state index contributed by atoms with van der Waals surface area (Å²) in [6.07, 6.45) is -0.638. The van der Waals surface area contributed by atoms with Crippen molar-refractivity contribution in [1.82, 2.24) is 0 Å². The van der Waals surface area contributed by atoms with Crippen molar-refractivity contribution in [2.24, 2.45) is 5.14 Å². The van der Waals surface area contributed by atoms with E-state index in [4.69, 9.17) is 9.88 Å². The fourth-order valence-corrected chi connectivity index (χ4v) is 1.62. The molecule has 0 saturated carbocycles. The smallest absolute Gasteiger partial charge is 0.412 e. The molecule has 3 N–H and O–H groups in total. The standard InChI is InChI=1S/C12H18N2O5S/c1-12(2,3)19-11(15)14-10-7-5-4-6-9(10)8-18-20(13,16)17/h4-7H,8H2,1-3H3,(H,14,15)(H2,13,16,17). The van der Waals surface area contributed by atoms with Gasteiger partial charge in [0.05, 0.1) is 6.61 Å². The van der Waals surface area contributed by atoms with Crippen LogP contribution < -0.4 is 10.5 Å². The maximum absolute atomic E-state index is 11.7. The lowest BCUT2D eigenvalue weighted by Crippen LogP contribution is -2.27. The van der Waals surface area contributed by atoms with Gasteiger partial charge < -0.3 is 4.74 Å². The van der Waals surface area contributed by atoms with Gasteiger partial charge in [-0.1, -0.05) is 18.2 Å². The second kappa shape index (κ2) is 6.21. The first-order chi connectivity index (χ1) is 9.07. The highest BCUT2D eigenvalue weighted by atomic mass is 32.2. The summed E-state index contributed by atoms with van der Waals surface area (Å²) >= 11 is 0. The zero-order chi connectivity index (χ0) is 15.4. The number of nitrogens with two attached hydrogens (primary N) is 1. The van der Waals surface area contributed by atoms with E-state index >= 15 is 0 Å². The predicted octanol–water partition coefficient (Wildman–Crippen LogP) is 1.75. The van der Waals surface area contributed by atoms with Crippen LogP contribution in [0.1, 0.15) is 26.3 Å². The molecule has 0 aliphatic heterocycles. The van der Waals surface area contributed by atoms with E-state index in [1.165, 1.54) is 0 Å². The van der Waals surface area contributed by atoms with Gasteiger partial charge in [-0.05, 0) is 26.8 Å². The molecule has 8 heteroatoms. The van der Waals surface area contributed by atoms with Crippen LogP contribution in [0.2, 0.25) is 0 Å². The van der Waals surface area contributed by atoms with Crippen LogP contribution in [0.15, 0.2) is 24.3 Å². The van der Waals surface area contributed by atoms with Gasteiger partial charge in [-0.25, -0.2) is 9.93 Å². The molecular weight excluding hydrogens is 284 g/mol. The summed E-state index contributed by atoms with van der Waals surface area (Å²) in [6, 6.07) is 6.58. The van der Waals surface area contributed by atoms with E-state index in [-0.39, 0.29) is 6.61 Å². The van der Waals surface area contributed by atoms with Crippen molar-refractivity contribution in [3.63, 3.8) is 0 Å². The molecule has 0 aliphatic rings. The summed E-state index contributed by atoms with van der Waals surface area (Å²) in [5, 5.41) is 7.28. The Morgan fingerprint density at radius 3 is 2.45 bits per heavy atom. The minimum absolute atomic E-state index is 0.273. The summed E-state index contributed by atoms with van der Waals surface area (Å²) in [7, 11) is -4.04. The second-order valence-corrected chi connectivity index (χ2v) is 6.26. The van der Waals surface area contributed by atoms with Crippen LogP contribution >= 0.6 is 0 Å². The zero-order valence-electron chi connectivity index (χ0n) is 11.5. The molecule has 0 fully saturated rings. The topological polar surface area (TPSA) is 108 Å². The van der Waals surface area contributed by atoms with Gasteiger partial charge in [-0.3, -0.25) is 9.50 Å². The highest BCUT2D eigenvalue weighted by Crippen LogP contribution is 2.18. The van der Waals surface area contributed by atoms with E-state index in [1.807, 2.05) is 0 Å². The number of rotatable bonds is 4. The molecule has 7 nitrogen and oxygen atoms in total. The van der Waals surface area contributed by atoms with Crippen LogP contribution in [0.3, 0.4) is 0 Å². The van der Waals surface area contributed by atoms with Crippen molar-refractivity contribution in [3.05, 3.63) is 29.8 Å². The Hall–Kier alpha value is -1.64. The average molecular weight is 302 g/mol. The Labute approximate surface area is 118 Å². The monoisotopic (exact) mass is 302 g/mol. The summed E-state index contributed by atoms with van der Waals surface area (Å²) < 4.78 is 31.1. The highest BCUT2D eigenvalue weighted by molar-refractivity contribution is 7.84. The van der Waals surface area contributed by atoms with Crippen LogP contribution in [0.5, 0.6) is 0 Å². The highest BCUT2D eigenvalue weighted by Gasteiger charge is 2.17. The number of nitrogens with one attached hydrogen (secondary N) is 1. The quantitative estimate of drug-likeness (QED) is 0.881. The SMILES string of the molecule is CC(C)(C)OC(=O)Nc1ccccc1COS(N)(=O)=O. The van der Waals surface area contributed by atoms with Crippen LogP contribution in [0.4, 0.5) is 10.5 Å². The largest absolute Gasteiger partial charge is 0.444 e. The van der Waals surface area contributed by atoms with E-state index < -0.39 is 22.0 Å². The Balaban J connectivity index is 2.78. The van der Waals surface area contributed by atoms with Crippen molar-refractivity contribution < 1.29 is 22.1 Å². The predicted molar refractivity (Wildman–Crippen MR) is 74.2 cm³/mol. The first kappa shape index (κ1) is 16.4. The number of hydrogen-bond acceptors (Lipinski definition) is 5. The Bertz CT molecular complexity index is 578. The molecule has 0 radical (unpaired) electrons. The lowest BCUT2D eigenvalue weighted by Gasteiger charge is -2.20. The molecule has 112 valence electrons. The van der Waals surface area contributed by atoms with Crippen LogP contribution in [0, 0.1) is 0 Å². The third kappa shape index (κ3) is 6.50. The number of carbonyl (C=O) groups excluding carboxylic acids is 1. The number of benzene rings is 1. The number of amides is 1. The van der Waals surface area contributed by atoms with E-state index in [2.05, 4.69) is 9.50 Å². The van der Waals surface area contributed by atoms with Gasteiger partial charge in [0.2, 0.25) is 0 Å². The lowest BCUT2D eigenvalue weighted by molar-refractivity contribution is 0.0635.